The summed E-state index contributed by atoms with van der Waals surface area (Å²) in [5.74, 6) is -0.635. The highest BCUT2D eigenvalue weighted by atomic mass is 32.1. The van der Waals surface area contributed by atoms with Gasteiger partial charge in [0.2, 0.25) is 0 Å². The number of benzene rings is 3. The van der Waals surface area contributed by atoms with Crippen LogP contribution in [0, 0.1) is 0 Å². The SMILES string of the molecule is COc1ccccc1C(=O)NC(=S)Nc1ccc(C(=O)Nc2cccc(C(F)(F)F)c2)cc1. The molecule has 3 rings (SSSR count). The standard InChI is InChI=1S/C23H18F3N3O3S/c1-32-19-8-3-2-7-18(19)21(31)29-22(33)28-16-11-9-14(10-12-16)20(30)27-17-6-4-5-15(13-17)23(24,25)26/h2-13H,1H3,(H,27,30)(H2,28,29,31,33). The molecule has 0 heterocycles. The minimum Gasteiger partial charge on any atom is -0.496 e. The summed E-state index contributed by atoms with van der Waals surface area (Å²) in [7, 11) is 1.45. The lowest BCUT2D eigenvalue weighted by atomic mass is 10.1. The molecule has 33 heavy (non-hydrogen) atoms. The van der Waals surface area contributed by atoms with Gasteiger partial charge in [-0.25, -0.2) is 0 Å². The molecule has 0 aliphatic carbocycles. The van der Waals surface area contributed by atoms with Crippen molar-refractivity contribution in [3.05, 3.63) is 89.5 Å². The number of ether oxygens (including phenoxy) is 1. The van der Waals surface area contributed by atoms with Crippen molar-refractivity contribution >= 4 is 40.5 Å². The number of nitrogens with one attached hydrogen (secondary N) is 3. The van der Waals surface area contributed by atoms with E-state index in [0.29, 0.717) is 17.0 Å². The number of alkyl halides is 3. The van der Waals surface area contributed by atoms with Crippen LogP contribution >= 0.6 is 12.2 Å². The Morgan fingerprint density at radius 2 is 1.55 bits per heavy atom. The van der Waals surface area contributed by atoms with Crippen molar-refractivity contribution in [1.82, 2.24) is 5.32 Å². The molecule has 3 aromatic carbocycles. The van der Waals surface area contributed by atoms with Crippen LogP contribution in [0.25, 0.3) is 0 Å². The lowest BCUT2D eigenvalue weighted by Crippen LogP contribution is -2.34. The van der Waals surface area contributed by atoms with Crippen LogP contribution in [0.2, 0.25) is 0 Å². The Hall–Kier alpha value is -3.92. The summed E-state index contributed by atoms with van der Waals surface area (Å²) >= 11 is 5.15. The van der Waals surface area contributed by atoms with Crippen LogP contribution in [0.4, 0.5) is 24.5 Å². The van der Waals surface area contributed by atoms with E-state index in [1.165, 1.54) is 31.4 Å². The molecule has 0 unspecified atom stereocenters. The molecule has 10 heteroatoms. The first-order valence-corrected chi connectivity index (χ1v) is 9.92. The van der Waals surface area contributed by atoms with Gasteiger partial charge in [0.15, 0.2) is 5.11 Å². The predicted molar refractivity (Wildman–Crippen MR) is 123 cm³/mol. The van der Waals surface area contributed by atoms with Gasteiger partial charge in [-0.1, -0.05) is 18.2 Å². The zero-order valence-electron chi connectivity index (χ0n) is 17.2. The Kier molecular flexibility index (Phi) is 7.29. The van der Waals surface area contributed by atoms with Crippen LogP contribution < -0.4 is 20.7 Å². The number of thiocarbonyl (C=S) groups is 1. The van der Waals surface area contributed by atoms with Gasteiger partial charge in [-0.2, -0.15) is 13.2 Å². The normalized spacial score (nSPS) is 10.8. The summed E-state index contributed by atoms with van der Waals surface area (Å²) in [5.41, 5.74) is 0.199. The molecule has 2 amide bonds. The van der Waals surface area contributed by atoms with Gasteiger partial charge < -0.3 is 15.4 Å². The molecular formula is C23H18F3N3O3S. The van der Waals surface area contributed by atoms with Crippen molar-refractivity contribution in [2.45, 2.75) is 6.18 Å². The number of methoxy groups -OCH3 is 1. The van der Waals surface area contributed by atoms with Crippen molar-refractivity contribution in [3.63, 3.8) is 0 Å². The summed E-state index contributed by atoms with van der Waals surface area (Å²) in [6, 6.07) is 17.0. The van der Waals surface area contributed by atoms with Gasteiger partial charge in [0, 0.05) is 16.9 Å². The van der Waals surface area contributed by atoms with E-state index >= 15 is 0 Å². The predicted octanol–water partition coefficient (Wildman–Crippen LogP) is 5.09. The molecule has 0 aliphatic heterocycles. The molecule has 170 valence electrons. The van der Waals surface area contributed by atoms with Crippen molar-refractivity contribution in [3.8, 4) is 5.75 Å². The maximum Gasteiger partial charge on any atom is 0.416 e. The second-order valence-corrected chi connectivity index (χ2v) is 7.13. The Bertz CT molecular complexity index is 1180. The fraction of sp³-hybridized carbons (Fsp3) is 0.0870. The smallest absolute Gasteiger partial charge is 0.416 e. The molecule has 0 aromatic heterocycles. The van der Waals surface area contributed by atoms with Gasteiger partial charge in [0.05, 0.1) is 18.2 Å². The third kappa shape index (κ3) is 6.30. The molecule has 0 atom stereocenters. The highest BCUT2D eigenvalue weighted by Gasteiger charge is 2.30. The second-order valence-electron chi connectivity index (χ2n) is 6.72. The van der Waals surface area contributed by atoms with Crippen molar-refractivity contribution in [1.29, 1.82) is 0 Å². The quantitative estimate of drug-likeness (QED) is 0.450. The number of carbonyl (C=O) groups is 2. The van der Waals surface area contributed by atoms with E-state index in [0.717, 1.165) is 12.1 Å². The maximum atomic E-state index is 12.8. The fourth-order valence-electron chi connectivity index (χ4n) is 2.85. The van der Waals surface area contributed by atoms with Crippen LogP contribution in [0.3, 0.4) is 0 Å². The number of para-hydroxylation sites is 1. The van der Waals surface area contributed by atoms with Gasteiger partial charge in [0.1, 0.15) is 5.75 Å². The highest BCUT2D eigenvalue weighted by Crippen LogP contribution is 2.30. The maximum absolute atomic E-state index is 12.8. The molecule has 0 bridgehead atoms. The van der Waals surface area contributed by atoms with E-state index < -0.39 is 23.6 Å². The molecule has 0 saturated heterocycles. The van der Waals surface area contributed by atoms with Crippen LogP contribution in [0.15, 0.2) is 72.8 Å². The third-order valence-electron chi connectivity index (χ3n) is 4.43. The molecule has 0 saturated carbocycles. The molecule has 3 N–H and O–H groups in total. The van der Waals surface area contributed by atoms with E-state index in [1.54, 1.807) is 36.4 Å². The zero-order valence-corrected chi connectivity index (χ0v) is 18.0. The van der Waals surface area contributed by atoms with Crippen molar-refractivity contribution in [2.75, 3.05) is 17.7 Å². The highest BCUT2D eigenvalue weighted by molar-refractivity contribution is 7.80. The average molecular weight is 473 g/mol. The third-order valence-corrected chi connectivity index (χ3v) is 4.64. The molecule has 0 fully saturated rings. The Morgan fingerprint density at radius 3 is 2.21 bits per heavy atom. The molecule has 6 nitrogen and oxygen atoms in total. The summed E-state index contributed by atoms with van der Waals surface area (Å²) in [6.45, 7) is 0. The van der Waals surface area contributed by atoms with Crippen LogP contribution in [-0.4, -0.2) is 24.0 Å². The topological polar surface area (TPSA) is 79.5 Å². The molecule has 3 aromatic rings. The van der Waals surface area contributed by atoms with E-state index in [4.69, 9.17) is 17.0 Å². The van der Waals surface area contributed by atoms with Gasteiger partial charge in [-0.15, -0.1) is 0 Å². The van der Waals surface area contributed by atoms with E-state index in [1.807, 2.05) is 0 Å². The Labute approximate surface area is 192 Å². The number of halogens is 3. The van der Waals surface area contributed by atoms with Crippen LogP contribution in [-0.2, 0) is 6.18 Å². The van der Waals surface area contributed by atoms with Gasteiger partial charge in [-0.05, 0) is 66.8 Å². The number of anilines is 2. The van der Waals surface area contributed by atoms with E-state index in [-0.39, 0.29) is 16.4 Å². The summed E-state index contributed by atoms with van der Waals surface area (Å²) < 4.78 is 43.6. The summed E-state index contributed by atoms with van der Waals surface area (Å²) in [4.78, 5) is 24.7. The first-order chi connectivity index (χ1) is 15.7. The molecule has 0 aliphatic rings. The monoisotopic (exact) mass is 473 g/mol. The lowest BCUT2D eigenvalue weighted by molar-refractivity contribution is -0.137. The second kappa shape index (κ2) is 10.1. The molecule has 0 radical (unpaired) electrons. The van der Waals surface area contributed by atoms with Crippen LogP contribution in [0.5, 0.6) is 5.75 Å². The van der Waals surface area contributed by atoms with Crippen molar-refractivity contribution in [2.24, 2.45) is 0 Å². The first kappa shape index (κ1) is 23.7. The van der Waals surface area contributed by atoms with Gasteiger partial charge in [-0.3, -0.25) is 14.9 Å². The number of hydrogen-bond acceptors (Lipinski definition) is 4. The average Bonchev–Trinajstić information content (AvgIpc) is 2.79. The Balaban J connectivity index is 1.60. The van der Waals surface area contributed by atoms with Gasteiger partial charge >= 0.3 is 6.18 Å². The summed E-state index contributed by atoms with van der Waals surface area (Å²) in [6.07, 6.45) is -4.51. The largest absolute Gasteiger partial charge is 0.496 e. The first-order valence-electron chi connectivity index (χ1n) is 9.51. The van der Waals surface area contributed by atoms with E-state index in [2.05, 4.69) is 16.0 Å². The summed E-state index contributed by atoms with van der Waals surface area (Å²) in [5, 5.41) is 7.83. The number of carbonyl (C=O) groups excluding carboxylic acids is 2. The van der Waals surface area contributed by atoms with Crippen molar-refractivity contribution < 1.29 is 27.5 Å². The number of hydrogen-bond donors (Lipinski definition) is 3. The van der Waals surface area contributed by atoms with E-state index in [9.17, 15) is 22.8 Å². The van der Waals surface area contributed by atoms with Gasteiger partial charge in [0.25, 0.3) is 11.8 Å². The Morgan fingerprint density at radius 1 is 0.848 bits per heavy atom. The lowest BCUT2D eigenvalue weighted by Gasteiger charge is -2.12. The minimum atomic E-state index is -4.51. The number of amides is 2. The van der Waals surface area contributed by atoms with Crippen LogP contribution in [0.1, 0.15) is 26.3 Å². The fourth-order valence-corrected chi connectivity index (χ4v) is 3.06. The minimum absolute atomic E-state index is 0.0252. The molecular weight excluding hydrogens is 455 g/mol. The zero-order chi connectivity index (χ0) is 24.0. The molecule has 0 spiro atoms. The number of rotatable bonds is 5.